The Bertz CT molecular complexity index is 1060. The number of hydrogen-bond acceptors (Lipinski definition) is 3. The lowest BCUT2D eigenvalue weighted by molar-refractivity contribution is 0.0139. The fourth-order valence-corrected chi connectivity index (χ4v) is 9.07. The van der Waals surface area contributed by atoms with Crippen molar-refractivity contribution in [3.63, 3.8) is 0 Å². The molecular weight excluding hydrogens is 416 g/mol. The number of piperidine rings is 1. The second kappa shape index (κ2) is 7.15. The number of likely N-dealkylation sites (tertiary alicyclic amines) is 1. The number of hydrogen-bond donors (Lipinski definition) is 3. The van der Waals surface area contributed by atoms with Crippen LogP contribution in [0.15, 0.2) is 48.5 Å². The van der Waals surface area contributed by atoms with Gasteiger partial charge in [0.25, 0.3) is 0 Å². The van der Waals surface area contributed by atoms with E-state index in [0.717, 1.165) is 57.4 Å². The molecule has 2 saturated carbocycles. The van der Waals surface area contributed by atoms with Gasteiger partial charge in [-0.2, -0.15) is 0 Å². The minimum atomic E-state index is -2.30. The number of thiol groups is 1. The summed E-state index contributed by atoms with van der Waals surface area (Å²) < 4.78 is 16.4. The molecule has 3 atom stereocenters. The summed E-state index contributed by atoms with van der Waals surface area (Å²) in [6.07, 6.45) is 6.79. The summed E-state index contributed by atoms with van der Waals surface area (Å²) in [5, 5.41) is 11.7. The quantitative estimate of drug-likeness (QED) is 0.563. The van der Waals surface area contributed by atoms with E-state index in [2.05, 4.69) is 65.1 Å². The highest BCUT2D eigenvalue weighted by Crippen LogP contribution is 2.65. The fourth-order valence-electron chi connectivity index (χ4n) is 7.10. The Morgan fingerprint density at radius 2 is 1.72 bits per heavy atom. The molecule has 2 N–H and O–H groups in total. The number of benzene rings is 2. The third-order valence-corrected chi connectivity index (χ3v) is 11.5. The molecule has 1 saturated heterocycles. The zero-order valence-corrected chi connectivity index (χ0v) is 20.2. The van der Waals surface area contributed by atoms with Gasteiger partial charge in [-0.15, -0.1) is 0 Å². The van der Waals surface area contributed by atoms with E-state index in [1.165, 1.54) is 16.7 Å². The summed E-state index contributed by atoms with van der Waals surface area (Å²) in [5.41, 5.74) is 4.67. The molecule has 172 valence electrons. The number of rotatable bonds is 7. The lowest BCUT2D eigenvalue weighted by atomic mass is 9.87. The third-order valence-electron chi connectivity index (χ3n) is 8.86. The van der Waals surface area contributed by atoms with E-state index in [1.54, 1.807) is 0 Å². The highest BCUT2D eigenvalue weighted by Gasteiger charge is 2.67. The minimum Gasteiger partial charge on any atom is -0.388 e. The molecule has 5 heteroatoms. The maximum absolute atomic E-state index is 13.0. The van der Waals surface area contributed by atoms with E-state index in [9.17, 15) is 9.32 Å². The fraction of sp³-hybridized carbons (Fsp3) is 0.556. The normalized spacial score (nSPS) is 31.2. The van der Waals surface area contributed by atoms with Crippen LogP contribution in [0.5, 0.6) is 0 Å². The monoisotopic (exact) mass is 452 g/mol. The van der Waals surface area contributed by atoms with Crippen molar-refractivity contribution in [2.24, 2.45) is 11.8 Å². The Hall–Kier alpha value is -1.69. The van der Waals surface area contributed by atoms with Gasteiger partial charge in [0.15, 0.2) is 0 Å². The molecule has 0 spiro atoms. The van der Waals surface area contributed by atoms with Gasteiger partial charge in [0, 0.05) is 55.1 Å². The second-order valence-electron chi connectivity index (χ2n) is 11.1. The highest BCUT2D eigenvalue weighted by atomic mass is 32.3. The molecule has 6 rings (SSSR count). The first-order valence-electron chi connectivity index (χ1n) is 12.3. The molecule has 3 fully saturated rings. The molecule has 2 aromatic rings. The Morgan fingerprint density at radius 1 is 1.06 bits per heavy atom. The average molecular weight is 453 g/mol. The maximum Gasteiger partial charge on any atom is 0.0854 e. The summed E-state index contributed by atoms with van der Waals surface area (Å²) >= 11 is 0. The predicted molar refractivity (Wildman–Crippen MR) is 133 cm³/mol. The van der Waals surface area contributed by atoms with E-state index in [1.807, 2.05) is 6.26 Å². The molecule has 32 heavy (non-hydrogen) atoms. The first kappa shape index (κ1) is 20.9. The molecular formula is C27H36N2O2S. The number of β-amino-alcohol motifs (C(OH)–C–C–N with tert-alkyl or cyclic N) is 1. The van der Waals surface area contributed by atoms with Gasteiger partial charge < -0.3 is 9.83 Å². The van der Waals surface area contributed by atoms with Gasteiger partial charge in [-0.3, -0.25) is 9.11 Å². The van der Waals surface area contributed by atoms with E-state index in [0.29, 0.717) is 17.1 Å². The number of nitrogens with zero attached hydrogens (tertiary/aromatic N) is 1. The van der Waals surface area contributed by atoms with Crippen molar-refractivity contribution in [3.05, 3.63) is 65.2 Å². The molecule has 0 aromatic heterocycles. The topological polar surface area (TPSA) is 52.6 Å². The largest absolute Gasteiger partial charge is 0.388 e. The average Bonchev–Trinajstić information content (AvgIpc) is 3.63. The molecule has 4 nitrogen and oxygen atoms in total. The van der Waals surface area contributed by atoms with E-state index in [-0.39, 0.29) is 5.41 Å². The van der Waals surface area contributed by atoms with Crippen molar-refractivity contribution in [2.45, 2.75) is 55.3 Å². The highest BCUT2D eigenvalue weighted by molar-refractivity contribution is 8.04. The van der Waals surface area contributed by atoms with Gasteiger partial charge in [0.05, 0.1) is 5.60 Å². The van der Waals surface area contributed by atoms with Crippen LogP contribution >= 0.6 is 0 Å². The van der Waals surface area contributed by atoms with Crippen molar-refractivity contribution < 1.29 is 9.32 Å². The molecule has 0 unspecified atom stereocenters. The zero-order chi connectivity index (χ0) is 22.1. The smallest absolute Gasteiger partial charge is 0.0854 e. The lowest BCUT2D eigenvalue weighted by Gasteiger charge is -2.32. The second-order valence-corrected chi connectivity index (χ2v) is 14.0. The van der Waals surface area contributed by atoms with Crippen LogP contribution in [0.3, 0.4) is 0 Å². The standard InChI is InChI=1S/C27H36N2O2S/c1-3-27(21-9-6-10-22(13-21)28-32(2,31)23-11-12-23)24-16-29(17-25(24)27)18-26(30)14-19-7-4-5-8-20(19)15-26/h4-10,13,23-25,30,32H,3,11-12,14-18H2,1-2H3,(H,28,31)/t24-,25+,27+. The molecule has 3 aliphatic carbocycles. The van der Waals surface area contributed by atoms with Crippen LogP contribution in [-0.4, -0.2) is 51.0 Å². The van der Waals surface area contributed by atoms with Crippen molar-refractivity contribution in [2.75, 3.05) is 30.6 Å². The Balaban J connectivity index is 1.14. The summed E-state index contributed by atoms with van der Waals surface area (Å²) in [6.45, 7) is 5.24. The summed E-state index contributed by atoms with van der Waals surface area (Å²) in [6, 6.07) is 17.2. The van der Waals surface area contributed by atoms with Crippen LogP contribution in [0.1, 0.15) is 42.9 Å². The summed E-state index contributed by atoms with van der Waals surface area (Å²) in [4.78, 5) is 2.50. The van der Waals surface area contributed by atoms with Crippen LogP contribution in [0.2, 0.25) is 0 Å². The van der Waals surface area contributed by atoms with Gasteiger partial charge in [0.2, 0.25) is 0 Å². The van der Waals surface area contributed by atoms with Gasteiger partial charge in [-0.05, 0) is 70.0 Å². The first-order valence-corrected chi connectivity index (χ1v) is 14.5. The third kappa shape index (κ3) is 3.36. The Kier molecular flexibility index (Phi) is 4.67. The maximum atomic E-state index is 13.0. The molecule has 0 radical (unpaired) electrons. The zero-order valence-electron chi connectivity index (χ0n) is 19.3. The molecule has 1 heterocycles. The van der Waals surface area contributed by atoms with E-state index in [4.69, 9.17) is 0 Å². The summed E-state index contributed by atoms with van der Waals surface area (Å²) in [5.74, 6) is 1.32. The summed E-state index contributed by atoms with van der Waals surface area (Å²) in [7, 11) is -2.30. The molecule has 2 aromatic carbocycles. The molecule has 4 aliphatic rings. The number of aliphatic hydroxyl groups is 1. The number of fused-ring (bicyclic) bond motifs is 2. The van der Waals surface area contributed by atoms with Crippen molar-refractivity contribution in [1.29, 1.82) is 0 Å². The van der Waals surface area contributed by atoms with Gasteiger partial charge in [-0.25, -0.2) is 0 Å². The Labute approximate surface area is 193 Å². The van der Waals surface area contributed by atoms with Crippen LogP contribution in [0.25, 0.3) is 0 Å². The van der Waals surface area contributed by atoms with E-state index < -0.39 is 15.7 Å². The van der Waals surface area contributed by atoms with Crippen molar-refractivity contribution in [3.8, 4) is 0 Å². The van der Waals surface area contributed by atoms with Crippen molar-refractivity contribution in [1.82, 2.24) is 4.90 Å². The van der Waals surface area contributed by atoms with Gasteiger partial charge in [-0.1, -0.05) is 43.3 Å². The van der Waals surface area contributed by atoms with Crippen LogP contribution in [0, 0.1) is 11.8 Å². The number of anilines is 1. The molecule has 0 bridgehead atoms. The lowest BCUT2D eigenvalue weighted by Crippen LogP contribution is -2.45. The molecule has 1 aliphatic heterocycles. The Morgan fingerprint density at radius 3 is 2.31 bits per heavy atom. The van der Waals surface area contributed by atoms with Crippen LogP contribution in [-0.2, 0) is 28.4 Å². The van der Waals surface area contributed by atoms with Gasteiger partial charge >= 0.3 is 0 Å². The minimum absolute atomic E-state index is 0.243. The van der Waals surface area contributed by atoms with Crippen LogP contribution in [0.4, 0.5) is 5.69 Å². The number of nitrogens with one attached hydrogen (secondary N) is 1. The van der Waals surface area contributed by atoms with Crippen molar-refractivity contribution >= 4 is 15.8 Å². The van der Waals surface area contributed by atoms with Crippen LogP contribution < -0.4 is 4.72 Å². The van der Waals surface area contributed by atoms with Gasteiger partial charge in [0.1, 0.15) is 0 Å². The van der Waals surface area contributed by atoms with E-state index >= 15 is 0 Å². The SMILES string of the molecule is CC[C@]1(c2cccc(N[SH](C)(=O)C3CC3)c2)[C@@H]2CN(CC3(O)Cc4ccccc4C3)C[C@@H]21. The first-order chi connectivity index (χ1) is 15.3. The molecule has 0 amide bonds. The predicted octanol–water partition coefficient (Wildman–Crippen LogP) is 3.56.